The smallest absolute Gasteiger partial charge is 0.254 e. The van der Waals surface area contributed by atoms with Crippen LogP contribution in [0, 0.1) is 0 Å². The van der Waals surface area contributed by atoms with Crippen molar-refractivity contribution in [2.24, 2.45) is 0 Å². The number of ether oxygens (including phenoxy) is 1. The minimum absolute atomic E-state index is 0.190. The zero-order chi connectivity index (χ0) is 23.2. The van der Waals surface area contributed by atoms with Gasteiger partial charge in [0.1, 0.15) is 5.52 Å². The van der Waals surface area contributed by atoms with E-state index in [0.717, 1.165) is 42.3 Å². The summed E-state index contributed by atoms with van der Waals surface area (Å²) in [5, 5.41) is 25.1. The van der Waals surface area contributed by atoms with Gasteiger partial charge < -0.3 is 20.5 Å². The van der Waals surface area contributed by atoms with E-state index in [1.54, 1.807) is 29.4 Å². The molecule has 1 amide bonds. The topological polar surface area (TPSA) is 118 Å². The lowest BCUT2D eigenvalue weighted by Gasteiger charge is -2.33. The van der Waals surface area contributed by atoms with E-state index in [1.807, 2.05) is 37.5 Å². The normalized spacial score (nSPS) is 20.8. The van der Waals surface area contributed by atoms with Crippen molar-refractivity contribution < 1.29 is 14.6 Å². The van der Waals surface area contributed by atoms with Crippen LogP contribution >= 0.6 is 0 Å². The number of aliphatic hydroxyl groups is 1. The lowest BCUT2D eigenvalue weighted by Crippen LogP contribution is -2.36. The van der Waals surface area contributed by atoms with Crippen LogP contribution in [0.5, 0.6) is 5.88 Å². The maximum atomic E-state index is 12.2. The number of nitrogens with zero attached hydrogens (tertiary/aromatic N) is 5. The Bertz CT molecular complexity index is 1330. The fourth-order valence-corrected chi connectivity index (χ4v) is 4.45. The molecule has 1 saturated carbocycles. The third-order valence-electron chi connectivity index (χ3n) is 6.37. The summed E-state index contributed by atoms with van der Waals surface area (Å²) >= 11 is 0. The Labute approximate surface area is 190 Å². The Morgan fingerprint density at radius 3 is 2.73 bits per heavy atom. The molecule has 4 aromatic heterocycles. The van der Waals surface area contributed by atoms with Crippen molar-refractivity contribution in [3.05, 3.63) is 42.4 Å². The first-order chi connectivity index (χ1) is 15.9. The fourth-order valence-electron chi connectivity index (χ4n) is 4.45. The highest BCUT2D eigenvalue weighted by Crippen LogP contribution is 2.33. The first-order valence-electron chi connectivity index (χ1n) is 11.0. The van der Waals surface area contributed by atoms with Gasteiger partial charge in [-0.25, -0.2) is 9.03 Å². The molecule has 0 atom stereocenters. The predicted molar refractivity (Wildman–Crippen MR) is 124 cm³/mol. The first-order valence-corrected chi connectivity index (χ1v) is 11.0. The van der Waals surface area contributed by atoms with Gasteiger partial charge in [-0.1, -0.05) is 0 Å². The molecule has 10 heteroatoms. The minimum atomic E-state index is -0.593. The van der Waals surface area contributed by atoms with Crippen LogP contribution in [0.3, 0.4) is 0 Å². The van der Waals surface area contributed by atoms with E-state index >= 15 is 0 Å². The Morgan fingerprint density at radius 2 is 2.00 bits per heavy atom. The van der Waals surface area contributed by atoms with Gasteiger partial charge in [0.15, 0.2) is 0 Å². The van der Waals surface area contributed by atoms with E-state index in [9.17, 15) is 9.90 Å². The number of fused-ring (bicyclic) bond motifs is 2. The summed E-state index contributed by atoms with van der Waals surface area (Å²) in [7, 11) is 3.19. The van der Waals surface area contributed by atoms with Gasteiger partial charge in [0, 0.05) is 31.0 Å². The molecule has 0 saturated heterocycles. The number of amides is 1. The van der Waals surface area contributed by atoms with Crippen molar-refractivity contribution in [2.75, 3.05) is 19.5 Å². The van der Waals surface area contributed by atoms with Crippen molar-refractivity contribution in [2.45, 2.75) is 44.2 Å². The van der Waals surface area contributed by atoms with Gasteiger partial charge in [0.05, 0.1) is 30.0 Å². The number of nitrogens with one attached hydrogen (secondary N) is 2. The number of carbonyl (C=O) groups excluding carboxylic acids is 1. The third-order valence-corrected chi connectivity index (χ3v) is 6.37. The van der Waals surface area contributed by atoms with Gasteiger partial charge >= 0.3 is 0 Å². The van der Waals surface area contributed by atoms with Gasteiger partial charge in [-0.15, -0.1) is 5.10 Å². The molecule has 0 aliphatic heterocycles. The second-order valence-electron chi connectivity index (χ2n) is 8.77. The molecule has 10 nitrogen and oxygen atoms in total. The van der Waals surface area contributed by atoms with Crippen LogP contribution < -0.4 is 15.4 Å². The number of pyridine rings is 1. The number of anilines is 1. The van der Waals surface area contributed by atoms with Crippen LogP contribution in [0.4, 0.5) is 5.95 Å². The number of rotatable bonds is 5. The van der Waals surface area contributed by atoms with Crippen LogP contribution in [0.1, 0.15) is 43.0 Å². The quantitative estimate of drug-likeness (QED) is 0.428. The maximum absolute atomic E-state index is 12.2. The van der Waals surface area contributed by atoms with Crippen LogP contribution in [-0.2, 0) is 0 Å². The van der Waals surface area contributed by atoms with Crippen molar-refractivity contribution in [3.63, 3.8) is 0 Å². The molecule has 0 spiro atoms. The Kier molecular flexibility index (Phi) is 5.16. The van der Waals surface area contributed by atoms with E-state index in [0.29, 0.717) is 22.9 Å². The molecule has 5 rings (SSSR count). The summed E-state index contributed by atoms with van der Waals surface area (Å²) in [4.78, 5) is 16.8. The monoisotopic (exact) mass is 449 g/mol. The van der Waals surface area contributed by atoms with Crippen LogP contribution in [0.15, 0.2) is 36.8 Å². The molecule has 0 radical (unpaired) electrons. The van der Waals surface area contributed by atoms with E-state index < -0.39 is 5.60 Å². The average molecular weight is 450 g/mol. The molecule has 1 aliphatic rings. The number of carbonyl (C=O) groups is 1. The van der Waals surface area contributed by atoms with Gasteiger partial charge in [0.25, 0.3) is 5.91 Å². The van der Waals surface area contributed by atoms with E-state index in [4.69, 9.17) is 4.74 Å². The summed E-state index contributed by atoms with van der Waals surface area (Å²) in [6.07, 6.45) is 8.44. The molecule has 33 heavy (non-hydrogen) atoms. The first kappa shape index (κ1) is 21.2. The number of aromatic nitrogens is 5. The Balaban J connectivity index is 1.51. The summed E-state index contributed by atoms with van der Waals surface area (Å²) in [6.45, 7) is 1.88. The molecule has 3 N–H and O–H groups in total. The minimum Gasteiger partial charge on any atom is -0.479 e. The molecule has 4 aromatic rings. The van der Waals surface area contributed by atoms with E-state index in [-0.39, 0.29) is 11.9 Å². The highest BCUT2D eigenvalue weighted by Gasteiger charge is 2.29. The summed E-state index contributed by atoms with van der Waals surface area (Å²) < 4.78 is 9.05. The molecule has 1 fully saturated rings. The van der Waals surface area contributed by atoms with Gasteiger partial charge in [-0.3, -0.25) is 4.79 Å². The number of methoxy groups -OCH3 is 1. The lowest BCUT2D eigenvalue weighted by molar-refractivity contribution is 0.0195. The summed E-state index contributed by atoms with van der Waals surface area (Å²) in [5.41, 5.74) is 3.14. The van der Waals surface area contributed by atoms with Crippen LogP contribution in [0.25, 0.3) is 22.2 Å². The lowest BCUT2D eigenvalue weighted by atomic mass is 9.84. The molecule has 1 aliphatic carbocycles. The number of hydrogen-bond acceptors (Lipinski definition) is 7. The average Bonchev–Trinajstić information content (AvgIpc) is 3.43. The molecule has 0 unspecified atom stereocenters. The molecule has 0 bridgehead atoms. The Hall–Kier alpha value is -3.66. The van der Waals surface area contributed by atoms with Crippen molar-refractivity contribution >= 4 is 22.9 Å². The maximum Gasteiger partial charge on any atom is 0.254 e. The second-order valence-corrected chi connectivity index (χ2v) is 8.77. The van der Waals surface area contributed by atoms with Crippen molar-refractivity contribution in [1.82, 2.24) is 29.5 Å². The van der Waals surface area contributed by atoms with Gasteiger partial charge in [-0.2, -0.15) is 10.1 Å². The zero-order valence-electron chi connectivity index (χ0n) is 18.9. The largest absolute Gasteiger partial charge is 0.479 e. The van der Waals surface area contributed by atoms with Crippen LogP contribution in [0.2, 0.25) is 0 Å². The third kappa shape index (κ3) is 3.86. The van der Waals surface area contributed by atoms with E-state index in [2.05, 4.69) is 25.8 Å². The summed E-state index contributed by atoms with van der Waals surface area (Å²) in [5.74, 6) is 0.751. The zero-order valence-corrected chi connectivity index (χ0v) is 18.9. The van der Waals surface area contributed by atoms with Crippen LogP contribution in [-0.4, -0.2) is 61.0 Å². The fraction of sp³-hybridized carbons (Fsp3) is 0.391. The number of hydrogen-bond donors (Lipinski definition) is 3. The molecular weight excluding hydrogens is 422 g/mol. The molecule has 0 aromatic carbocycles. The van der Waals surface area contributed by atoms with E-state index in [1.165, 1.54) is 0 Å². The van der Waals surface area contributed by atoms with Gasteiger partial charge in [-0.05, 0) is 56.4 Å². The van der Waals surface area contributed by atoms with Crippen molar-refractivity contribution in [3.8, 4) is 17.0 Å². The SMILES string of the molecule is CNC(=O)c1cnn2ccc(-c3ccn4nc(N[C@H]5CC[C@](C)(O)CC5)nc(OC)c34)cc12. The van der Waals surface area contributed by atoms with Gasteiger partial charge in [0.2, 0.25) is 11.8 Å². The highest BCUT2D eigenvalue weighted by molar-refractivity contribution is 6.01. The summed E-state index contributed by atoms with van der Waals surface area (Å²) in [6, 6.07) is 6.01. The van der Waals surface area contributed by atoms with Crippen molar-refractivity contribution in [1.29, 1.82) is 0 Å². The highest BCUT2D eigenvalue weighted by atomic mass is 16.5. The standard InChI is InChI=1S/C23H27N7O3/c1-23(32)8-4-15(5-9-23)26-22-27-21(33-3)19-16(7-11-30(19)28-22)14-6-10-29-18(12-14)17(13-25-29)20(31)24-2/h6-7,10-13,15,32H,4-5,8-9H2,1-3H3,(H,24,31)(H,26,28)/t15-,23-. The predicted octanol–water partition coefficient (Wildman–Crippen LogP) is 2.52. The molecule has 4 heterocycles. The molecule has 172 valence electrons. The Morgan fingerprint density at radius 1 is 1.24 bits per heavy atom. The molecular formula is C23H27N7O3. The second kappa shape index (κ2) is 8.04.